The molecule has 0 aliphatic rings. The molecule has 0 fully saturated rings. The summed E-state index contributed by atoms with van der Waals surface area (Å²) in [5, 5.41) is 9.01. The van der Waals surface area contributed by atoms with Crippen molar-refractivity contribution in [1.29, 1.82) is 0 Å². The van der Waals surface area contributed by atoms with Gasteiger partial charge >= 0.3 is 5.56 Å². The monoisotopic (exact) mass is 378 g/mol. The smallest absolute Gasteiger partial charge is 0.300 e. The average Bonchev–Trinajstić information content (AvgIpc) is 3.12. The Morgan fingerprint density at radius 3 is 2.56 bits per heavy atom. The molecule has 0 aliphatic carbocycles. The third-order valence-electron chi connectivity index (χ3n) is 4.41. The van der Waals surface area contributed by atoms with Gasteiger partial charge in [0.05, 0.1) is 7.11 Å². The third-order valence-corrected chi connectivity index (χ3v) is 5.40. The summed E-state index contributed by atoms with van der Waals surface area (Å²) in [7, 11) is 1.61. The van der Waals surface area contributed by atoms with E-state index in [0.717, 1.165) is 17.2 Å². The van der Waals surface area contributed by atoms with Crippen LogP contribution in [-0.4, -0.2) is 26.3 Å². The fraction of sp³-hybridized carbons (Fsp3) is 0.150. The van der Waals surface area contributed by atoms with E-state index in [2.05, 4.69) is 29.3 Å². The van der Waals surface area contributed by atoms with Crippen LogP contribution in [0.4, 0.5) is 0 Å². The van der Waals surface area contributed by atoms with Crippen molar-refractivity contribution in [3.05, 3.63) is 82.4 Å². The second-order valence-electron chi connectivity index (χ2n) is 6.06. The van der Waals surface area contributed by atoms with E-state index in [0.29, 0.717) is 10.8 Å². The maximum Gasteiger partial charge on any atom is 0.300 e. The Morgan fingerprint density at radius 2 is 1.81 bits per heavy atom. The molecule has 0 bridgehead atoms. The van der Waals surface area contributed by atoms with Crippen LogP contribution >= 0.6 is 11.8 Å². The van der Waals surface area contributed by atoms with E-state index >= 15 is 0 Å². The van der Waals surface area contributed by atoms with Gasteiger partial charge in [0.1, 0.15) is 5.75 Å². The number of hydrogen-bond donors (Lipinski definition) is 0. The lowest BCUT2D eigenvalue weighted by atomic mass is 10.1. The van der Waals surface area contributed by atoms with Gasteiger partial charge in [-0.05, 0) is 42.3 Å². The molecule has 4 rings (SSSR count). The lowest BCUT2D eigenvalue weighted by Crippen LogP contribution is -2.20. The first kappa shape index (κ1) is 17.4. The molecule has 136 valence electrons. The molecular formula is C20H18N4O2S. The highest BCUT2D eigenvalue weighted by Crippen LogP contribution is 2.23. The second kappa shape index (κ2) is 7.28. The summed E-state index contributed by atoms with van der Waals surface area (Å²) in [5.41, 5.74) is 3.32. The molecule has 0 unspecified atom stereocenters. The van der Waals surface area contributed by atoms with Gasteiger partial charge in [0.15, 0.2) is 5.16 Å². The Morgan fingerprint density at radius 1 is 1.04 bits per heavy atom. The topological polar surface area (TPSA) is 61.4 Å². The van der Waals surface area contributed by atoms with Crippen molar-refractivity contribution in [2.45, 2.75) is 17.8 Å². The molecule has 0 saturated heterocycles. The zero-order chi connectivity index (χ0) is 18.8. The zero-order valence-electron chi connectivity index (χ0n) is 15.0. The zero-order valence-corrected chi connectivity index (χ0v) is 15.8. The molecule has 0 amide bonds. The Kier molecular flexibility index (Phi) is 4.68. The van der Waals surface area contributed by atoms with Crippen molar-refractivity contribution in [3.63, 3.8) is 0 Å². The molecule has 2 heterocycles. The van der Waals surface area contributed by atoms with Crippen molar-refractivity contribution in [1.82, 2.24) is 19.2 Å². The molecular weight excluding hydrogens is 360 g/mol. The molecule has 0 saturated carbocycles. The molecule has 0 aliphatic heterocycles. The fourth-order valence-corrected chi connectivity index (χ4v) is 3.82. The number of benzene rings is 2. The maximum absolute atomic E-state index is 12.8. The molecule has 7 heteroatoms. The molecule has 0 radical (unpaired) electrons. The van der Waals surface area contributed by atoms with E-state index < -0.39 is 0 Å². The molecule has 2 aromatic carbocycles. The van der Waals surface area contributed by atoms with Gasteiger partial charge in [0.25, 0.3) is 0 Å². The van der Waals surface area contributed by atoms with Crippen LogP contribution < -0.4 is 10.3 Å². The van der Waals surface area contributed by atoms with Gasteiger partial charge in [-0.25, -0.2) is 0 Å². The highest BCUT2D eigenvalue weighted by atomic mass is 32.2. The van der Waals surface area contributed by atoms with Crippen LogP contribution in [0.3, 0.4) is 0 Å². The van der Waals surface area contributed by atoms with Gasteiger partial charge in [0.2, 0.25) is 5.65 Å². The minimum absolute atomic E-state index is 0.210. The number of methoxy groups -OCH3 is 1. The number of fused-ring (bicyclic) bond motifs is 1. The largest absolute Gasteiger partial charge is 0.497 e. The fourth-order valence-electron chi connectivity index (χ4n) is 2.82. The molecule has 4 aromatic rings. The predicted molar refractivity (Wildman–Crippen MR) is 106 cm³/mol. The number of ether oxygens (including phenoxy) is 1. The minimum Gasteiger partial charge on any atom is -0.497 e. The molecule has 0 spiro atoms. The number of hydrogen-bond acceptors (Lipinski definition) is 5. The van der Waals surface area contributed by atoms with E-state index in [1.54, 1.807) is 34.0 Å². The van der Waals surface area contributed by atoms with E-state index in [1.807, 2.05) is 42.6 Å². The van der Waals surface area contributed by atoms with E-state index in [4.69, 9.17) is 4.74 Å². The number of thioether (sulfide) groups is 1. The van der Waals surface area contributed by atoms with Gasteiger partial charge in [-0.3, -0.25) is 13.8 Å². The SMILES string of the molecule is COc1ccc(-n2ccn3c(SCc4ccccc4C)nnc3c2=O)cc1. The van der Waals surface area contributed by atoms with Crippen molar-refractivity contribution >= 4 is 17.4 Å². The summed E-state index contributed by atoms with van der Waals surface area (Å²) in [4.78, 5) is 12.8. The molecule has 6 nitrogen and oxygen atoms in total. The standard InChI is InChI=1S/C20H18N4O2S/c1-14-5-3-4-6-15(14)13-27-20-22-21-18-19(25)23(11-12-24(18)20)16-7-9-17(26-2)10-8-16/h3-12H,13H2,1-2H3. The number of rotatable bonds is 5. The summed E-state index contributed by atoms with van der Waals surface area (Å²) < 4.78 is 8.46. The first-order valence-electron chi connectivity index (χ1n) is 8.45. The van der Waals surface area contributed by atoms with Crippen molar-refractivity contribution in [2.24, 2.45) is 0 Å². The van der Waals surface area contributed by atoms with Crippen LogP contribution in [0.25, 0.3) is 11.3 Å². The van der Waals surface area contributed by atoms with Crippen LogP contribution in [-0.2, 0) is 5.75 Å². The summed E-state index contributed by atoms with van der Waals surface area (Å²) in [6.07, 6.45) is 3.56. The van der Waals surface area contributed by atoms with Crippen LogP contribution in [0.15, 0.2) is 70.9 Å². The first-order chi connectivity index (χ1) is 13.2. The van der Waals surface area contributed by atoms with Gasteiger partial charge in [0, 0.05) is 23.8 Å². The van der Waals surface area contributed by atoms with Crippen LogP contribution in [0.5, 0.6) is 5.75 Å². The Hall–Kier alpha value is -3.06. The maximum atomic E-state index is 12.8. The van der Waals surface area contributed by atoms with Crippen molar-refractivity contribution in [3.8, 4) is 11.4 Å². The summed E-state index contributed by atoms with van der Waals surface area (Å²) in [6, 6.07) is 15.5. The first-order valence-corrected chi connectivity index (χ1v) is 9.44. The summed E-state index contributed by atoms with van der Waals surface area (Å²) in [5.74, 6) is 1.51. The average molecular weight is 378 g/mol. The summed E-state index contributed by atoms with van der Waals surface area (Å²) in [6.45, 7) is 2.09. The highest BCUT2D eigenvalue weighted by molar-refractivity contribution is 7.98. The highest BCUT2D eigenvalue weighted by Gasteiger charge is 2.12. The van der Waals surface area contributed by atoms with E-state index in [-0.39, 0.29) is 5.56 Å². The Balaban J connectivity index is 1.65. The van der Waals surface area contributed by atoms with Gasteiger partial charge in [-0.2, -0.15) is 0 Å². The molecule has 27 heavy (non-hydrogen) atoms. The van der Waals surface area contributed by atoms with Gasteiger partial charge < -0.3 is 4.74 Å². The number of nitrogens with zero attached hydrogens (tertiary/aromatic N) is 4. The van der Waals surface area contributed by atoms with Gasteiger partial charge in [-0.1, -0.05) is 36.0 Å². The Bertz CT molecular complexity index is 1150. The summed E-state index contributed by atoms with van der Waals surface area (Å²) >= 11 is 1.56. The van der Waals surface area contributed by atoms with Gasteiger partial charge in [-0.15, -0.1) is 10.2 Å². The molecule has 2 aromatic heterocycles. The molecule has 0 atom stereocenters. The third kappa shape index (κ3) is 3.33. The lowest BCUT2D eigenvalue weighted by Gasteiger charge is -2.08. The Labute approximate surface area is 160 Å². The van der Waals surface area contributed by atoms with Crippen molar-refractivity contribution in [2.75, 3.05) is 7.11 Å². The second-order valence-corrected chi connectivity index (χ2v) is 7.01. The predicted octanol–water partition coefficient (Wildman–Crippen LogP) is 3.49. The van der Waals surface area contributed by atoms with Crippen molar-refractivity contribution < 1.29 is 4.74 Å². The van der Waals surface area contributed by atoms with E-state index in [9.17, 15) is 4.79 Å². The minimum atomic E-state index is -0.210. The lowest BCUT2D eigenvalue weighted by molar-refractivity contribution is 0.414. The van der Waals surface area contributed by atoms with E-state index in [1.165, 1.54) is 11.1 Å². The van der Waals surface area contributed by atoms with Crippen LogP contribution in [0.1, 0.15) is 11.1 Å². The normalized spacial score (nSPS) is 11.0. The van der Waals surface area contributed by atoms with Crippen LogP contribution in [0.2, 0.25) is 0 Å². The molecule has 0 N–H and O–H groups in total. The number of aryl methyl sites for hydroxylation is 1. The van der Waals surface area contributed by atoms with Crippen LogP contribution in [0, 0.1) is 6.92 Å². The number of aromatic nitrogens is 4. The quantitative estimate of drug-likeness (QED) is 0.498.